The second-order valence-electron chi connectivity index (χ2n) is 5.44. The number of nitrogens with one attached hydrogen (secondary N) is 1. The summed E-state index contributed by atoms with van der Waals surface area (Å²) in [4.78, 5) is 60.2. The fraction of sp³-hybridized carbons (Fsp3) is 0.556. The van der Waals surface area contributed by atoms with Crippen molar-refractivity contribution in [2.45, 2.75) is 24.6 Å². The van der Waals surface area contributed by atoms with Gasteiger partial charge in [-0.1, -0.05) is 11.6 Å². The summed E-state index contributed by atoms with van der Waals surface area (Å²) in [5.74, 6) is -3.83. The largest absolute Gasteiger partial charge is 0.490 e. The number of phosphoric ester groups is 1. The highest BCUT2D eigenvalue weighted by molar-refractivity contribution is 7.66. The molecule has 1 saturated heterocycles. The molecule has 2 heterocycles. The molecule has 1 aliphatic rings. The van der Waals surface area contributed by atoms with Gasteiger partial charge in [0.1, 0.15) is 17.7 Å². The fourth-order valence-electron chi connectivity index (χ4n) is 2.07. The molecule has 0 aliphatic carbocycles. The molecule has 0 spiro atoms. The Labute approximate surface area is 172 Å². The molecule has 2 unspecified atom stereocenters. The van der Waals surface area contributed by atoms with E-state index in [1.165, 1.54) is 0 Å². The van der Waals surface area contributed by atoms with E-state index in [1.807, 2.05) is 0 Å². The van der Waals surface area contributed by atoms with Gasteiger partial charge in [-0.05, 0) is 0 Å². The van der Waals surface area contributed by atoms with E-state index in [0.717, 1.165) is 0 Å². The minimum atomic E-state index is -6.15. The Morgan fingerprint density at radius 1 is 1.30 bits per heavy atom. The third-order valence-corrected chi connectivity index (χ3v) is 6.95. The van der Waals surface area contributed by atoms with Gasteiger partial charge in [0.2, 0.25) is 5.85 Å². The number of H-pyrrole nitrogens is 1. The van der Waals surface area contributed by atoms with E-state index >= 15 is 4.39 Å². The summed E-state index contributed by atoms with van der Waals surface area (Å²) in [6.45, 7) is -4.06. The van der Waals surface area contributed by atoms with Crippen LogP contribution in [-0.4, -0.2) is 52.7 Å². The normalized spacial score (nSPS) is 30.2. The molecule has 1 aliphatic heterocycles. The van der Waals surface area contributed by atoms with Crippen molar-refractivity contribution in [3.05, 3.63) is 32.1 Å². The van der Waals surface area contributed by atoms with Gasteiger partial charge in [0, 0.05) is 12.6 Å². The van der Waals surface area contributed by atoms with Crippen molar-refractivity contribution in [1.29, 1.82) is 0 Å². The predicted molar refractivity (Wildman–Crippen MR) is 90.7 cm³/mol. The first-order chi connectivity index (χ1) is 14.2. The lowest BCUT2D eigenvalue weighted by Crippen LogP contribution is -2.36. The van der Waals surface area contributed by atoms with E-state index in [2.05, 4.69) is 17.9 Å². The summed E-state index contributed by atoms with van der Waals surface area (Å²) in [6.07, 6.45) is -4.80. The van der Waals surface area contributed by atoms with Gasteiger partial charge < -0.3 is 29.4 Å². The van der Waals surface area contributed by atoms with Gasteiger partial charge in [-0.25, -0.2) is 22.9 Å². The number of ether oxygens (including phenoxy) is 1. The van der Waals surface area contributed by atoms with Crippen molar-refractivity contribution >= 4 is 35.1 Å². The number of nitrogens with zero attached hydrogens (tertiary/aromatic N) is 1. The molecule has 1 aromatic heterocycles. The van der Waals surface area contributed by atoms with Crippen LogP contribution in [-0.2, 0) is 31.6 Å². The van der Waals surface area contributed by atoms with Crippen LogP contribution in [0.25, 0.3) is 0 Å². The molecule has 1 fully saturated rings. The zero-order chi connectivity index (χ0) is 24.9. The second-order valence-corrected chi connectivity index (χ2v) is 10.2. The van der Waals surface area contributed by atoms with E-state index in [4.69, 9.17) is 29.0 Å². The van der Waals surface area contributed by atoms with Gasteiger partial charge in [0.25, 0.3) is 5.56 Å². The second kappa shape index (κ2) is 8.64. The molecule has 0 amide bonds. The summed E-state index contributed by atoms with van der Waals surface area (Å²) >= 11 is 5.53. The van der Waals surface area contributed by atoms with Gasteiger partial charge in [-0.15, -0.1) is 0 Å². The number of aliphatic hydroxyl groups excluding tert-OH is 1. The molecule has 0 bridgehead atoms. The third kappa shape index (κ3) is 6.87. The van der Waals surface area contributed by atoms with Crippen LogP contribution in [0, 0.1) is 0 Å². The Hall–Kier alpha value is -0.770. The molecular formula is C9H13ClFN2O14P3. The lowest BCUT2D eigenvalue weighted by Gasteiger charge is -2.22. The zero-order valence-corrected chi connectivity index (χ0v) is 17.3. The maximum Gasteiger partial charge on any atom is 0.490 e. The molecule has 0 aromatic carbocycles. The number of aliphatic hydroxyl groups is 1. The fourth-order valence-corrected chi connectivity index (χ4v) is 5.11. The maximum atomic E-state index is 15.1. The summed E-state index contributed by atoms with van der Waals surface area (Å²) in [6, 6.07) is 0. The van der Waals surface area contributed by atoms with E-state index in [9.17, 15) is 33.3 Å². The number of hydrogen-bond donors (Lipinski definition) is 6. The molecule has 21 heteroatoms. The number of aromatic nitrogens is 2. The third-order valence-electron chi connectivity index (χ3n) is 3.04. The van der Waals surface area contributed by atoms with Crippen molar-refractivity contribution < 1.29 is 63.4 Å². The Morgan fingerprint density at radius 2 is 1.90 bits per heavy atom. The molecule has 5 atom stereocenters. The average molecular weight is 523 g/mol. The van der Waals surface area contributed by atoms with Crippen molar-refractivity contribution in [3.63, 3.8) is 0 Å². The molecular weight excluding hydrogens is 507 g/mol. The molecule has 2 rings (SSSR count). The van der Waals surface area contributed by atoms with Crippen LogP contribution in [0.4, 0.5) is 4.39 Å². The Balaban J connectivity index is 2.28. The molecule has 16 nitrogen and oxygen atoms in total. The zero-order valence-electron chi connectivity index (χ0n) is 15.9. The predicted octanol–water partition coefficient (Wildman–Crippen LogP) is -0.521. The Morgan fingerprint density at radius 3 is 2.47 bits per heavy atom. The van der Waals surface area contributed by atoms with Crippen molar-refractivity contribution in [3.8, 4) is 0 Å². The average Bonchev–Trinajstić information content (AvgIpc) is 2.82. The van der Waals surface area contributed by atoms with Crippen LogP contribution < -0.4 is 11.2 Å². The highest BCUT2D eigenvalue weighted by atomic mass is 35.5. The monoisotopic (exact) mass is 522 g/mol. The number of halogens is 2. The maximum absolute atomic E-state index is 15.1. The number of alkyl halides is 1. The highest BCUT2D eigenvalue weighted by Gasteiger charge is 2.50. The molecule has 0 saturated carbocycles. The van der Waals surface area contributed by atoms with E-state index in [-0.39, 0.29) is 0 Å². The minimum absolute atomic E-state index is 0.372. The minimum Gasteiger partial charge on any atom is -0.388 e. The first-order valence-corrected chi connectivity index (χ1v) is 12.0. The number of phosphoric acid groups is 3. The molecule has 0 radical (unpaired) electrons. The Bertz CT molecular complexity index is 1150. The number of aromatic amines is 1. The lowest BCUT2D eigenvalue weighted by atomic mass is 10.2. The quantitative estimate of drug-likeness (QED) is 0.235. The van der Waals surface area contributed by atoms with Crippen molar-refractivity contribution in [2.75, 3.05) is 6.56 Å². The van der Waals surface area contributed by atoms with Gasteiger partial charge >= 0.3 is 29.2 Å². The summed E-state index contributed by atoms with van der Waals surface area (Å²) in [7, 11) is -17.9. The van der Waals surface area contributed by atoms with Gasteiger partial charge in [0.05, 0.1) is 2.74 Å². The van der Waals surface area contributed by atoms with E-state index < -0.39 is 70.9 Å². The van der Waals surface area contributed by atoms with Gasteiger partial charge in [-0.3, -0.25) is 18.9 Å². The molecule has 30 heavy (non-hydrogen) atoms. The number of rotatable bonds is 8. The standard InChI is InChI=1S/C9H13ClFN2O14P3/c10-4-2-13(8(16)12-6(4)15)7-5(14)1-9(11,25-7)3-24-29(20,21)27-30(22,23)26-28(17,18)19/h2,5,7,14H,1,3H2,(H,20,21)(H,22,23)(H,12,15,16)(H2,17,18,19)/t5-,7-,9+/m1/s1/i3D2. The number of hydrogen-bond acceptors (Lipinski definition) is 10. The lowest BCUT2D eigenvalue weighted by molar-refractivity contribution is -0.178. The van der Waals surface area contributed by atoms with Crippen LogP contribution in [0.2, 0.25) is 5.02 Å². The highest BCUT2D eigenvalue weighted by Crippen LogP contribution is 2.66. The van der Waals surface area contributed by atoms with Crippen LogP contribution in [0.5, 0.6) is 0 Å². The summed E-state index contributed by atoms with van der Waals surface area (Å²) < 4.78 is 79.5. The SMILES string of the molecule is [2H]C([2H])(OP(=O)(O)OP(=O)(O)OP(=O)(O)O)[C@]1(F)C[C@@H](O)[C@H](n2cc(Cl)c(=O)[nH]c2=O)O1. The van der Waals surface area contributed by atoms with Crippen LogP contribution in [0.3, 0.4) is 0 Å². The van der Waals surface area contributed by atoms with Crippen LogP contribution in [0.1, 0.15) is 15.4 Å². The molecule has 1 aromatic rings. The van der Waals surface area contributed by atoms with Crippen LogP contribution in [0.15, 0.2) is 15.8 Å². The van der Waals surface area contributed by atoms with Crippen molar-refractivity contribution in [2.24, 2.45) is 0 Å². The first-order valence-electron chi connectivity index (χ1n) is 8.07. The van der Waals surface area contributed by atoms with E-state index in [0.29, 0.717) is 10.8 Å². The summed E-state index contributed by atoms with van der Waals surface area (Å²) in [5, 5.41) is 9.40. The van der Waals surface area contributed by atoms with Crippen LogP contribution >= 0.6 is 35.1 Å². The van der Waals surface area contributed by atoms with Gasteiger partial charge in [-0.2, -0.15) is 8.62 Å². The Kier molecular flexibility index (Phi) is 6.46. The smallest absolute Gasteiger partial charge is 0.388 e. The molecule has 172 valence electrons. The summed E-state index contributed by atoms with van der Waals surface area (Å²) in [5.41, 5.74) is -2.31. The molecule has 6 N–H and O–H groups in total. The topological polar surface area (TPSA) is 244 Å². The van der Waals surface area contributed by atoms with Crippen molar-refractivity contribution in [1.82, 2.24) is 9.55 Å². The van der Waals surface area contributed by atoms with Gasteiger partial charge in [0.15, 0.2) is 6.23 Å². The first kappa shape index (κ1) is 22.4. The van der Waals surface area contributed by atoms with E-state index in [1.54, 1.807) is 4.98 Å².